The van der Waals surface area contributed by atoms with E-state index in [0.717, 1.165) is 5.56 Å². The fraction of sp³-hybridized carbons (Fsp3) is 0.429. The normalized spacial score (nSPS) is 11.6. The van der Waals surface area contributed by atoms with Crippen LogP contribution in [0.5, 0.6) is 11.5 Å². The Labute approximate surface area is 123 Å². The summed E-state index contributed by atoms with van der Waals surface area (Å²) < 4.78 is 10.4. The second-order valence-corrected chi connectivity index (χ2v) is 4.47. The van der Waals surface area contributed by atoms with Crippen LogP contribution in [0.2, 0.25) is 0 Å². The quantitative estimate of drug-likeness (QED) is 0.676. The molecule has 0 aliphatic heterocycles. The van der Waals surface area contributed by atoms with Crippen LogP contribution < -0.4 is 25.8 Å². The summed E-state index contributed by atoms with van der Waals surface area (Å²) in [5.74, 6) is 0.882. The Morgan fingerprint density at radius 1 is 1.24 bits per heavy atom. The first-order valence-corrected chi connectivity index (χ1v) is 6.52. The Bertz CT molecular complexity index is 505. The molecule has 1 unspecified atom stereocenters. The summed E-state index contributed by atoms with van der Waals surface area (Å²) in [7, 11) is 3.16. The van der Waals surface area contributed by atoms with Crippen molar-refractivity contribution in [2.45, 2.75) is 19.4 Å². The van der Waals surface area contributed by atoms with Gasteiger partial charge in [0.05, 0.1) is 20.3 Å². The molecule has 0 aliphatic carbocycles. The van der Waals surface area contributed by atoms with Crippen molar-refractivity contribution in [1.29, 1.82) is 0 Å². The molecule has 0 spiro atoms. The highest BCUT2D eigenvalue weighted by atomic mass is 16.5. The van der Waals surface area contributed by atoms with Gasteiger partial charge in [0.25, 0.3) is 0 Å². The first-order chi connectivity index (χ1) is 9.97. The van der Waals surface area contributed by atoms with Crippen LogP contribution in [0.4, 0.5) is 4.79 Å². The number of urea groups is 1. The van der Waals surface area contributed by atoms with Gasteiger partial charge in [-0.2, -0.15) is 0 Å². The van der Waals surface area contributed by atoms with E-state index in [1.165, 1.54) is 0 Å². The Morgan fingerprint density at radius 2 is 1.90 bits per heavy atom. The van der Waals surface area contributed by atoms with Crippen LogP contribution in [0.25, 0.3) is 0 Å². The summed E-state index contributed by atoms with van der Waals surface area (Å²) >= 11 is 0. The smallest absolute Gasteiger partial charge is 0.318 e. The van der Waals surface area contributed by atoms with Crippen LogP contribution >= 0.6 is 0 Å². The van der Waals surface area contributed by atoms with Crippen LogP contribution in [0.15, 0.2) is 18.2 Å². The maximum atomic E-state index is 11.5. The first kappa shape index (κ1) is 16.8. The van der Waals surface area contributed by atoms with E-state index in [2.05, 4.69) is 5.32 Å². The van der Waals surface area contributed by atoms with Gasteiger partial charge in [-0.3, -0.25) is 10.1 Å². The second kappa shape index (κ2) is 8.11. The zero-order valence-electron chi connectivity index (χ0n) is 12.4. The summed E-state index contributed by atoms with van der Waals surface area (Å²) in [6.07, 6.45) is 0.703. The zero-order valence-corrected chi connectivity index (χ0v) is 12.4. The molecule has 4 N–H and O–H groups in total. The molecular weight excluding hydrogens is 274 g/mol. The van der Waals surface area contributed by atoms with Crippen LogP contribution in [0.1, 0.15) is 12.5 Å². The van der Waals surface area contributed by atoms with E-state index in [0.29, 0.717) is 24.5 Å². The lowest BCUT2D eigenvalue weighted by Crippen LogP contribution is -2.46. The number of hydrogen-bond donors (Lipinski definition) is 3. The molecule has 116 valence electrons. The first-order valence-electron chi connectivity index (χ1n) is 6.52. The third-order valence-electron chi connectivity index (χ3n) is 2.95. The van der Waals surface area contributed by atoms with E-state index in [9.17, 15) is 9.59 Å². The Morgan fingerprint density at radius 3 is 2.48 bits per heavy atom. The van der Waals surface area contributed by atoms with Crippen LogP contribution in [-0.4, -0.2) is 38.7 Å². The molecule has 7 nitrogen and oxygen atoms in total. The predicted octanol–water partition coefficient (Wildman–Crippen LogP) is 0.419. The van der Waals surface area contributed by atoms with Crippen molar-refractivity contribution in [1.82, 2.24) is 10.6 Å². The molecule has 21 heavy (non-hydrogen) atoms. The number of benzene rings is 1. The zero-order chi connectivity index (χ0) is 15.8. The van der Waals surface area contributed by atoms with Crippen molar-refractivity contribution in [2.24, 2.45) is 5.73 Å². The second-order valence-electron chi connectivity index (χ2n) is 4.47. The minimum Gasteiger partial charge on any atom is -0.493 e. The molecule has 3 amide bonds. The number of nitrogens with one attached hydrogen (secondary N) is 2. The molecule has 0 aliphatic rings. The standard InChI is InChI=1S/C14H21N3O4/c1-9(13(18)17-14(15)19)16-7-6-10-4-5-11(20-2)12(8-10)21-3/h4-5,8-9,16H,6-7H2,1-3H3,(H3,15,17,18,19). The average Bonchev–Trinajstić information content (AvgIpc) is 2.46. The lowest BCUT2D eigenvalue weighted by Gasteiger charge is -2.13. The molecule has 1 atom stereocenters. The van der Waals surface area contributed by atoms with Gasteiger partial charge in [0.1, 0.15) is 0 Å². The molecule has 0 radical (unpaired) electrons. The third-order valence-corrected chi connectivity index (χ3v) is 2.95. The van der Waals surface area contributed by atoms with E-state index in [1.807, 2.05) is 23.5 Å². The van der Waals surface area contributed by atoms with Gasteiger partial charge in [-0.05, 0) is 37.6 Å². The molecule has 0 heterocycles. The fourth-order valence-electron chi connectivity index (χ4n) is 1.79. The number of ether oxygens (including phenoxy) is 2. The molecule has 1 rings (SSSR count). The highest BCUT2D eigenvalue weighted by molar-refractivity contribution is 5.96. The SMILES string of the molecule is COc1ccc(CCNC(C)C(=O)NC(N)=O)cc1OC. The van der Waals surface area contributed by atoms with Gasteiger partial charge in [-0.1, -0.05) is 6.07 Å². The molecule has 1 aromatic rings. The van der Waals surface area contributed by atoms with Gasteiger partial charge >= 0.3 is 6.03 Å². The molecular formula is C14H21N3O4. The lowest BCUT2D eigenvalue weighted by atomic mass is 10.1. The van der Waals surface area contributed by atoms with Gasteiger partial charge in [0.15, 0.2) is 11.5 Å². The molecule has 1 aromatic carbocycles. The monoisotopic (exact) mass is 295 g/mol. The minimum absolute atomic E-state index is 0.449. The highest BCUT2D eigenvalue weighted by Crippen LogP contribution is 2.27. The average molecular weight is 295 g/mol. The van der Waals surface area contributed by atoms with E-state index >= 15 is 0 Å². The lowest BCUT2D eigenvalue weighted by molar-refractivity contribution is -0.121. The summed E-state index contributed by atoms with van der Waals surface area (Å²) in [5.41, 5.74) is 5.93. The fourth-order valence-corrected chi connectivity index (χ4v) is 1.79. The maximum absolute atomic E-state index is 11.5. The van der Waals surface area contributed by atoms with Gasteiger partial charge < -0.3 is 20.5 Å². The Kier molecular flexibility index (Phi) is 6.48. The molecule has 0 saturated carbocycles. The molecule has 0 saturated heterocycles. The van der Waals surface area contributed by atoms with Crippen LogP contribution in [-0.2, 0) is 11.2 Å². The number of rotatable bonds is 7. The van der Waals surface area contributed by atoms with E-state index < -0.39 is 18.0 Å². The molecule has 0 aromatic heterocycles. The van der Waals surface area contributed by atoms with Gasteiger partial charge in [0.2, 0.25) is 5.91 Å². The molecule has 7 heteroatoms. The van der Waals surface area contributed by atoms with Crippen molar-refractivity contribution >= 4 is 11.9 Å². The van der Waals surface area contributed by atoms with Crippen molar-refractivity contribution in [3.05, 3.63) is 23.8 Å². The number of hydrogen-bond acceptors (Lipinski definition) is 5. The summed E-state index contributed by atoms with van der Waals surface area (Å²) in [6.45, 7) is 2.23. The number of methoxy groups -OCH3 is 2. The highest BCUT2D eigenvalue weighted by Gasteiger charge is 2.13. The molecule has 0 bridgehead atoms. The van der Waals surface area contributed by atoms with Crippen LogP contribution in [0, 0.1) is 0 Å². The molecule has 0 fully saturated rings. The van der Waals surface area contributed by atoms with Crippen molar-refractivity contribution in [2.75, 3.05) is 20.8 Å². The Hall–Kier alpha value is -2.28. The summed E-state index contributed by atoms with van der Waals surface area (Å²) in [5, 5.41) is 5.04. The number of amides is 3. The van der Waals surface area contributed by atoms with Gasteiger partial charge in [0, 0.05) is 0 Å². The van der Waals surface area contributed by atoms with Gasteiger partial charge in [-0.25, -0.2) is 4.79 Å². The number of imide groups is 1. The van der Waals surface area contributed by atoms with Gasteiger partial charge in [-0.15, -0.1) is 0 Å². The Balaban J connectivity index is 2.49. The van der Waals surface area contributed by atoms with E-state index in [-0.39, 0.29) is 0 Å². The van der Waals surface area contributed by atoms with Crippen molar-refractivity contribution in [3.63, 3.8) is 0 Å². The van der Waals surface area contributed by atoms with Crippen LogP contribution in [0.3, 0.4) is 0 Å². The largest absolute Gasteiger partial charge is 0.493 e. The number of carbonyl (C=O) groups is 2. The number of primary amides is 1. The topological polar surface area (TPSA) is 103 Å². The van der Waals surface area contributed by atoms with Crippen molar-refractivity contribution < 1.29 is 19.1 Å². The number of carbonyl (C=O) groups excluding carboxylic acids is 2. The summed E-state index contributed by atoms with van der Waals surface area (Å²) in [4.78, 5) is 22.0. The minimum atomic E-state index is -0.853. The van der Waals surface area contributed by atoms with E-state index in [1.54, 1.807) is 21.1 Å². The third kappa shape index (κ3) is 5.31. The predicted molar refractivity (Wildman–Crippen MR) is 78.4 cm³/mol. The van der Waals surface area contributed by atoms with Crippen molar-refractivity contribution in [3.8, 4) is 11.5 Å². The number of nitrogens with two attached hydrogens (primary N) is 1. The van der Waals surface area contributed by atoms with E-state index in [4.69, 9.17) is 15.2 Å². The summed E-state index contributed by atoms with van der Waals surface area (Å²) in [6, 6.07) is 4.29. The maximum Gasteiger partial charge on any atom is 0.318 e.